The van der Waals surface area contributed by atoms with Crippen LogP contribution in [0.5, 0.6) is 5.75 Å². The van der Waals surface area contributed by atoms with Crippen LogP contribution in [0.2, 0.25) is 0 Å². The van der Waals surface area contributed by atoms with Gasteiger partial charge in [0.05, 0.1) is 5.52 Å². The van der Waals surface area contributed by atoms with Crippen LogP contribution in [0.1, 0.15) is 17.3 Å². The first-order valence-electron chi connectivity index (χ1n) is 7.80. The Bertz CT molecular complexity index is 1000. The maximum absolute atomic E-state index is 12.2. The number of carbonyl (C=O) groups excluding carboxylic acids is 2. The molecular weight excluding hydrogens is 332 g/mol. The number of fused-ring (bicyclic) bond motifs is 1. The third-order valence-electron chi connectivity index (χ3n) is 3.64. The van der Waals surface area contributed by atoms with Gasteiger partial charge in [0.1, 0.15) is 12.4 Å². The molecule has 3 N–H and O–H groups in total. The van der Waals surface area contributed by atoms with E-state index in [2.05, 4.69) is 26.8 Å². The van der Waals surface area contributed by atoms with Crippen molar-refractivity contribution >= 4 is 34.2 Å². The van der Waals surface area contributed by atoms with Crippen molar-refractivity contribution in [2.75, 3.05) is 17.2 Å². The second kappa shape index (κ2) is 7.40. The highest BCUT2D eigenvalue weighted by Gasteiger charge is 2.11. The maximum atomic E-state index is 12.2. The summed E-state index contributed by atoms with van der Waals surface area (Å²) in [4.78, 5) is 23.5. The Balaban J connectivity index is 1.72. The first kappa shape index (κ1) is 17.0. The number of benzene rings is 2. The van der Waals surface area contributed by atoms with Gasteiger partial charge in [-0.2, -0.15) is 5.10 Å². The molecule has 1 heterocycles. The minimum Gasteiger partial charge on any atom is -0.481 e. The van der Waals surface area contributed by atoms with Crippen LogP contribution in [0.4, 0.5) is 16.3 Å². The summed E-state index contributed by atoms with van der Waals surface area (Å²) in [5, 5.41) is 13.0. The molecule has 0 fully saturated rings. The number of amides is 2. The van der Waals surface area contributed by atoms with Crippen LogP contribution in [0.15, 0.2) is 42.5 Å². The monoisotopic (exact) mass is 348 g/mol. The molecule has 0 aliphatic carbocycles. The van der Waals surface area contributed by atoms with Gasteiger partial charge in [-0.3, -0.25) is 15.2 Å². The van der Waals surface area contributed by atoms with Gasteiger partial charge < -0.3 is 10.1 Å². The average molecular weight is 348 g/mol. The van der Waals surface area contributed by atoms with Crippen LogP contribution < -0.4 is 15.4 Å². The number of anilines is 2. The Labute approximate surface area is 149 Å². The molecule has 2 aromatic carbocycles. The van der Waals surface area contributed by atoms with Crippen molar-refractivity contribution in [3.05, 3.63) is 48.0 Å². The van der Waals surface area contributed by atoms with Crippen LogP contribution >= 0.6 is 0 Å². The summed E-state index contributed by atoms with van der Waals surface area (Å²) in [5.41, 5.74) is 1.89. The number of nitrogens with one attached hydrogen (secondary N) is 3. The van der Waals surface area contributed by atoms with Gasteiger partial charge in [0, 0.05) is 16.6 Å². The fourth-order valence-corrected chi connectivity index (χ4v) is 2.36. The molecule has 0 bridgehead atoms. The summed E-state index contributed by atoms with van der Waals surface area (Å²) < 4.78 is 5.39. The average Bonchev–Trinajstić information content (AvgIpc) is 3.02. The number of rotatable bonds is 5. The highest BCUT2D eigenvalue weighted by molar-refractivity contribution is 6.05. The number of hydrogen-bond acceptors (Lipinski definition) is 4. The Kier molecular flexibility index (Phi) is 4.85. The van der Waals surface area contributed by atoms with Gasteiger partial charge >= 0.3 is 6.03 Å². The molecule has 2 amide bonds. The molecule has 0 aliphatic heterocycles. The molecule has 0 atom stereocenters. The fourth-order valence-electron chi connectivity index (χ4n) is 2.36. The zero-order valence-corrected chi connectivity index (χ0v) is 14.0. The fraction of sp³-hybridized carbons (Fsp3) is 0.105. The number of aromatic amines is 1. The number of terminal acetylenes is 1. The summed E-state index contributed by atoms with van der Waals surface area (Å²) >= 11 is 0. The topological polar surface area (TPSA) is 96.1 Å². The van der Waals surface area contributed by atoms with E-state index in [0.717, 1.165) is 5.52 Å². The zero-order chi connectivity index (χ0) is 18.5. The third kappa shape index (κ3) is 3.82. The lowest BCUT2D eigenvalue weighted by Crippen LogP contribution is -2.19. The normalized spacial score (nSPS) is 10.2. The number of nitrogens with zero attached hydrogens (tertiary/aromatic N) is 1. The Morgan fingerprint density at radius 3 is 2.65 bits per heavy atom. The number of urea groups is 1. The molecule has 0 unspecified atom stereocenters. The molecule has 1 aromatic heterocycles. The number of H-pyrrole nitrogens is 1. The molecule has 0 saturated heterocycles. The number of carbonyl (C=O) groups is 2. The van der Waals surface area contributed by atoms with E-state index in [-0.39, 0.29) is 12.4 Å². The molecule has 7 heteroatoms. The van der Waals surface area contributed by atoms with Crippen LogP contribution in [-0.4, -0.2) is 28.6 Å². The van der Waals surface area contributed by atoms with Crippen LogP contribution in [0, 0.1) is 12.3 Å². The lowest BCUT2D eigenvalue weighted by Gasteiger charge is -2.07. The molecule has 3 rings (SSSR count). The van der Waals surface area contributed by atoms with Gasteiger partial charge in [-0.05, 0) is 49.4 Å². The van der Waals surface area contributed by atoms with E-state index in [1.165, 1.54) is 6.92 Å². The zero-order valence-electron chi connectivity index (χ0n) is 14.0. The molecule has 0 radical (unpaired) electrons. The second-order valence-electron chi connectivity index (χ2n) is 5.49. The van der Waals surface area contributed by atoms with Crippen molar-refractivity contribution in [1.82, 2.24) is 10.2 Å². The summed E-state index contributed by atoms with van der Waals surface area (Å²) in [7, 11) is 0. The number of aromatic nitrogens is 2. The van der Waals surface area contributed by atoms with Gasteiger partial charge in [0.25, 0.3) is 0 Å². The highest BCUT2D eigenvalue weighted by Crippen LogP contribution is 2.25. The van der Waals surface area contributed by atoms with Crippen LogP contribution in [0.25, 0.3) is 10.9 Å². The molecule has 3 aromatic rings. The molecule has 0 saturated carbocycles. The molecule has 0 spiro atoms. The SMILES string of the molecule is C#CCOc1ccc2[nH]nc(NC(=O)Nc3ccc(C(C)=O)cc3)c2c1. The van der Waals surface area contributed by atoms with E-state index in [4.69, 9.17) is 11.2 Å². The number of ketones is 1. The Hall–Kier alpha value is -3.79. The lowest BCUT2D eigenvalue weighted by molar-refractivity contribution is 0.101. The van der Waals surface area contributed by atoms with Crippen molar-refractivity contribution in [1.29, 1.82) is 0 Å². The predicted octanol–water partition coefficient (Wildman–Crippen LogP) is 3.42. The van der Waals surface area contributed by atoms with E-state index in [1.54, 1.807) is 42.5 Å². The van der Waals surface area contributed by atoms with Crippen LogP contribution in [0.3, 0.4) is 0 Å². The number of ether oxygens (including phenoxy) is 1. The van der Waals surface area contributed by atoms with E-state index in [9.17, 15) is 9.59 Å². The quantitative estimate of drug-likeness (QED) is 0.486. The van der Waals surface area contributed by atoms with Gasteiger partial charge in [-0.25, -0.2) is 4.79 Å². The molecule has 0 aliphatic rings. The molecular formula is C19H16N4O3. The molecule has 130 valence electrons. The minimum absolute atomic E-state index is 0.0353. The third-order valence-corrected chi connectivity index (χ3v) is 3.64. The first-order chi connectivity index (χ1) is 12.6. The van der Waals surface area contributed by atoms with Crippen molar-refractivity contribution in [2.45, 2.75) is 6.92 Å². The number of hydrogen-bond donors (Lipinski definition) is 3. The first-order valence-corrected chi connectivity index (χ1v) is 7.80. The summed E-state index contributed by atoms with van der Waals surface area (Å²) in [6.45, 7) is 1.64. The van der Waals surface area contributed by atoms with Gasteiger partial charge in [-0.1, -0.05) is 5.92 Å². The highest BCUT2D eigenvalue weighted by atomic mass is 16.5. The molecule has 7 nitrogen and oxygen atoms in total. The maximum Gasteiger partial charge on any atom is 0.324 e. The van der Waals surface area contributed by atoms with Gasteiger partial charge in [-0.15, -0.1) is 6.42 Å². The van der Waals surface area contributed by atoms with Crippen molar-refractivity contribution in [3.63, 3.8) is 0 Å². The largest absolute Gasteiger partial charge is 0.481 e. The molecule has 26 heavy (non-hydrogen) atoms. The van der Waals surface area contributed by atoms with E-state index < -0.39 is 6.03 Å². The van der Waals surface area contributed by atoms with E-state index in [0.29, 0.717) is 28.2 Å². The summed E-state index contributed by atoms with van der Waals surface area (Å²) in [6, 6.07) is 11.5. The predicted molar refractivity (Wildman–Crippen MR) is 99.5 cm³/mol. The van der Waals surface area contributed by atoms with E-state index in [1.807, 2.05) is 0 Å². The van der Waals surface area contributed by atoms with Crippen molar-refractivity contribution in [3.8, 4) is 18.1 Å². The summed E-state index contributed by atoms with van der Waals surface area (Å²) in [6.07, 6.45) is 5.19. The van der Waals surface area contributed by atoms with Crippen LogP contribution in [-0.2, 0) is 0 Å². The van der Waals surface area contributed by atoms with Crippen molar-refractivity contribution in [2.24, 2.45) is 0 Å². The van der Waals surface area contributed by atoms with Gasteiger partial charge in [0.15, 0.2) is 11.6 Å². The Morgan fingerprint density at radius 2 is 1.96 bits per heavy atom. The van der Waals surface area contributed by atoms with E-state index >= 15 is 0 Å². The lowest BCUT2D eigenvalue weighted by atomic mass is 10.1. The number of Topliss-reactive ketones (excluding diaryl/α,β-unsaturated/α-hetero) is 1. The minimum atomic E-state index is -0.455. The summed E-state index contributed by atoms with van der Waals surface area (Å²) in [5.74, 6) is 3.31. The van der Waals surface area contributed by atoms with Crippen molar-refractivity contribution < 1.29 is 14.3 Å². The van der Waals surface area contributed by atoms with Gasteiger partial charge in [0.2, 0.25) is 0 Å². The smallest absolute Gasteiger partial charge is 0.324 e. The Morgan fingerprint density at radius 1 is 1.19 bits per heavy atom. The second-order valence-corrected chi connectivity index (χ2v) is 5.49. The standard InChI is InChI=1S/C19H16N4O3/c1-3-10-26-15-8-9-17-16(11-15)18(23-22-17)21-19(25)20-14-6-4-13(5-7-14)12(2)24/h1,4-9,11H,10H2,2H3,(H3,20,21,22,23,25).